The molecule has 2 aliphatic rings. The van der Waals surface area contributed by atoms with Crippen LogP contribution >= 0.6 is 0 Å². The molecule has 4 heteroatoms. The molecule has 1 aromatic rings. The van der Waals surface area contributed by atoms with Gasteiger partial charge < -0.3 is 0 Å². The Morgan fingerprint density at radius 3 is 2.42 bits per heavy atom. The van der Waals surface area contributed by atoms with Gasteiger partial charge in [0.2, 0.25) is 0 Å². The van der Waals surface area contributed by atoms with E-state index in [0.29, 0.717) is 29.5 Å². The summed E-state index contributed by atoms with van der Waals surface area (Å²) >= 11 is 0. The monoisotopic (exact) mass is 343 g/mol. The van der Waals surface area contributed by atoms with E-state index in [0.717, 1.165) is 18.4 Å². The van der Waals surface area contributed by atoms with E-state index in [4.69, 9.17) is 6.42 Å². The molecule has 0 aromatic heterocycles. The van der Waals surface area contributed by atoms with Crippen LogP contribution in [-0.4, -0.2) is 19.3 Å². The fourth-order valence-corrected chi connectivity index (χ4v) is 5.71. The largest absolute Gasteiger partial charge is 0.269 e. The van der Waals surface area contributed by atoms with Gasteiger partial charge in [-0.2, -0.15) is 0 Å². The minimum absolute atomic E-state index is 0.311. The first-order valence-corrected chi connectivity index (χ1v) is 10.1. The van der Waals surface area contributed by atoms with Crippen molar-refractivity contribution < 1.29 is 8.42 Å². The summed E-state index contributed by atoms with van der Waals surface area (Å²) in [6.45, 7) is 6.52. The molecule has 1 saturated carbocycles. The number of hydrogen-bond acceptors (Lipinski definition) is 2. The smallest absolute Gasteiger partial charge is 0.264 e. The third-order valence-corrected chi connectivity index (χ3v) is 7.55. The predicted molar refractivity (Wildman–Crippen MR) is 96.7 cm³/mol. The fraction of sp³-hybridized carbons (Fsp3) is 0.500. The summed E-state index contributed by atoms with van der Waals surface area (Å²) in [7, 11) is -3.59. The summed E-state index contributed by atoms with van der Waals surface area (Å²) < 4.78 is 27.5. The highest BCUT2D eigenvalue weighted by molar-refractivity contribution is 7.89. The molecular formula is C20H25NO2S. The first-order chi connectivity index (χ1) is 11.4. The van der Waals surface area contributed by atoms with E-state index in [9.17, 15) is 8.42 Å². The number of benzene rings is 1. The molecule has 3 rings (SSSR count). The standard InChI is InChI=1S/C20H25NO2S/c1-4-20(18-8-6-5-7-9-18)14-15-21(17(20)3)24(22,23)19-12-10-16(2)11-13-19/h1,10-13,18H,3,5-9,14-15H2,2H3. The van der Waals surface area contributed by atoms with Crippen LogP contribution in [0.15, 0.2) is 41.4 Å². The quantitative estimate of drug-likeness (QED) is 0.775. The van der Waals surface area contributed by atoms with Crippen molar-refractivity contribution in [2.45, 2.75) is 50.3 Å². The van der Waals surface area contributed by atoms with Crippen molar-refractivity contribution in [1.29, 1.82) is 0 Å². The van der Waals surface area contributed by atoms with Gasteiger partial charge in [0.05, 0.1) is 10.3 Å². The van der Waals surface area contributed by atoms with Gasteiger partial charge >= 0.3 is 0 Å². The summed E-state index contributed by atoms with van der Waals surface area (Å²) in [6.07, 6.45) is 12.3. The highest BCUT2D eigenvalue weighted by atomic mass is 32.2. The second kappa shape index (κ2) is 6.29. The second-order valence-electron chi connectivity index (χ2n) is 7.04. The summed E-state index contributed by atoms with van der Waals surface area (Å²) in [5.74, 6) is 3.30. The van der Waals surface area contributed by atoms with E-state index in [1.54, 1.807) is 12.1 Å². The lowest BCUT2D eigenvalue weighted by atomic mass is 9.67. The number of allylic oxidation sites excluding steroid dienone is 1. The van der Waals surface area contributed by atoms with Crippen LogP contribution in [0.5, 0.6) is 0 Å². The summed E-state index contributed by atoms with van der Waals surface area (Å²) in [6, 6.07) is 6.96. The Kier molecular flexibility index (Phi) is 4.48. The molecule has 1 heterocycles. The van der Waals surface area contributed by atoms with Crippen LogP contribution in [0.3, 0.4) is 0 Å². The number of sulfonamides is 1. The highest BCUT2D eigenvalue weighted by Gasteiger charge is 2.49. The topological polar surface area (TPSA) is 37.4 Å². The van der Waals surface area contributed by atoms with Gasteiger partial charge in [0, 0.05) is 12.2 Å². The van der Waals surface area contributed by atoms with Gasteiger partial charge in [-0.25, -0.2) is 8.42 Å². The number of nitrogens with zero attached hydrogens (tertiary/aromatic N) is 1. The third kappa shape index (κ3) is 2.65. The summed E-state index contributed by atoms with van der Waals surface area (Å²) in [4.78, 5) is 0.311. The molecule has 128 valence electrons. The van der Waals surface area contributed by atoms with Crippen LogP contribution in [0, 0.1) is 30.6 Å². The van der Waals surface area contributed by atoms with Crippen LogP contribution in [0.2, 0.25) is 0 Å². The Morgan fingerprint density at radius 1 is 1.21 bits per heavy atom. The molecule has 0 bridgehead atoms. The second-order valence-corrected chi connectivity index (χ2v) is 8.90. The molecular weight excluding hydrogens is 318 g/mol. The van der Waals surface area contributed by atoms with Crippen molar-refractivity contribution in [3.05, 3.63) is 42.1 Å². The van der Waals surface area contributed by atoms with Gasteiger partial charge in [0.1, 0.15) is 0 Å². The summed E-state index contributed by atoms with van der Waals surface area (Å²) in [5.41, 5.74) is 1.13. The lowest BCUT2D eigenvalue weighted by Crippen LogP contribution is -2.34. The highest BCUT2D eigenvalue weighted by Crippen LogP contribution is 2.51. The van der Waals surface area contributed by atoms with Crippen LogP contribution in [-0.2, 0) is 10.0 Å². The first-order valence-electron chi connectivity index (χ1n) is 8.68. The van der Waals surface area contributed by atoms with Crippen LogP contribution in [0.25, 0.3) is 0 Å². The van der Waals surface area contributed by atoms with Crippen molar-refractivity contribution >= 4 is 10.0 Å². The molecule has 1 aliphatic heterocycles. The number of terminal acetylenes is 1. The Balaban J connectivity index is 1.92. The Labute approximate surface area is 145 Å². The molecule has 0 N–H and O–H groups in total. The third-order valence-electron chi connectivity index (χ3n) is 5.69. The van der Waals surface area contributed by atoms with Crippen molar-refractivity contribution in [3.63, 3.8) is 0 Å². The first kappa shape index (κ1) is 17.1. The molecule has 1 aliphatic carbocycles. The molecule has 0 spiro atoms. The van der Waals surface area contributed by atoms with Crippen molar-refractivity contribution in [3.8, 4) is 12.3 Å². The van der Waals surface area contributed by atoms with Gasteiger partial charge in [-0.05, 0) is 44.2 Å². The van der Waals surface area contributed by atoms with Gasteiger partial charge in [0.15, 0.2) is 0 Å². The maximum absolute atomic E-state index is 13.0. The van der Waals surface area contributed by atoms with E-state index in [1.807, 2.05) is 19.1 Å². The Hall–Kier alpha value is -1.73. The fourth-order valence-electron chi connectivity index (χ4n) is 4.19. The van der Waals surface area contributed by atoms with Crippen LogP contribution in [0.4, 0.5) is 0 Å². The molecule has 3 nitrogen and oxygen atoms in total. The number of hydrogen-bond donors (Lipinski definition) is 0. The molecule has 0 radical (unpaired) electrons. The van der Waals surface area contributed by atoms with Crippen LogP contribution < -0.4 is 0 Å². The Bertz CT molecular complexity index is 767. The molecule has 0 amide bonds. The predicted octanol–water partition coefficient (Wildman–Crippen LogP) is 4.10. The molecule has 24 heavy (non-hydrogen) atoms. The zero-order valence-corrected chi connectivity index (χ0v) is 15.1. The zero-order valence-electron chi connectivity index (χ0n) is 14.3. The molecule has 1 unspecified atom stereocenters. The Morgan fingerprint density at radius 2 is 1.83 bits per heavy atom. The lowest BCUT2D eigenvalue weighted by molar-refractivity contribution is 0.222. The van der Waals surface area contributed by atoms with Gasteiger partial charge in [0.25, 0.3) is 10.0 Å². The molecule has 1 atom stereocenters. The average Bonchev–Trinajstić information content (AvgIpc) is 2.94. The minimum Gasteiger partial charge on any atom is -0.269 e. The van der Waals surface area contributed by atoms with E-state index in [-0.39, 0.29) is 0 Å². The van der Waals surface area contributed by atoms with Crippen LogP contribution in [0.1, 0.15) is 44.1 Å². The number of rotatable bonds is 3. The zero-order chi connectivity index (χ0) is 17.4. The van der Waals surface area contributed by atoms with Gasteiger partial charge in [-0.1, -0.05) is 49.5 Å². The van der Waals surface area contributed by atoms with E-state index >= 15 is 0 Å². The van der Waals surface area contributed by atoms with Crippen molar-refractivity contribution in [1.82, 2.24) is 4.31 Å². The minimum atomic E-state index is -3.59. The maximum Gasteiger partial charge on any atom is 0.264 e. The molecule has 1 aromatic carbocycles. The SMILES string of the molecule is C#CC1(C2CCCCC2)CCN(S(=O)(=O)c2ccc(C)cc2)C1=C. The average molecular weight is 343 g/mol. The van der Waals surface area contributed by atoms with E-state index < -0.39 is 15.4 Å². The lowest BCUT2D eigenvalue weighted by Gasteiger charge is -2.37. The van der Waals surface area contributed by atoms with Gasteiger partial charge in [-0.15, -0.1) is 6.42 Å². The van der Waals surface area contributed by atoms with Crippen molar-refractivity contribution in [2.24, 2.45) is 11.3 Å². The van der Waals surface area contributed by atoms with Gasteiger partial charge in [-0.3, -0.25) is 4.31 Å². The normalized spacial score (nSPS) is 25.7. The van der Waals surface area contributed by atoms with E-state index in [2.05, 4.69) is 12.5 Å². The van der Waals surface area contributed by atoms with E-state index in [1.165, 1.54) is 23.6 Å². The van der Waals surface area contributed by atoms with Crippen molar-refractivity contribution in [2.75, 3.05) is 6.54 Å². The summed E-state index contributed by atoms with van der Waals surface area (Å²) in [5, 5.41) is 0. The number of aryl methyl sites for hydroxylation is 1. The molecule has 1 saturated heterocycles. The molecule has 2 fully saturated rings. The maximum atomic E-state index is 13.0.